The van der Waals surface area contributed by atoms with E-state index in [-0.39, 0.29) is 11.9 Å². The Kier molecular flexibility index (Phi) is 6.25. The molecular formula is C20H24ClN3O2. The number of nitrogens with zero attached hydrogens (tertiary/aromatic N) is 1. The van der Waals surface area contributed by atoms with Crippen LogP contribution in [0.5, 0.6) is 0 Å². The zero-order chi connectivity index (χ0) is 18.5. The zero-order valence-corrected chi connectivity index (χ0v) is 15.5. The summed E-state index contributed by atoms with van der Waals surface area (Å²) in [7, 11) is 0. The molecule has 1 aromatic carbocycles. The molecule has 1 aromatic heterocycles. The Labute approximate surface area is 158 Å². The Balaban J connectivity index is 1.55. The predicted octanol–water partition coefficient (Wildman–Crippen LogP) is 2.88. The first kappa shape index (κ1) is 18.8. The maximum atomic E-state index is 11.8. The molecule has 0 unspecified atom stereocenters. The van der Waals surface area contributed by atoms with E-state index in [2.05, 4.69) is 15.6 Å². The lowest BCUT2D eigenvalue weighted by atomic mass is 10.0. The number of amides is 1. The number of carbonyl (C=O) groups is 1. The average Bonchev–Trinajstić information content (AvgIpc) is 3.11. The van der Waals surface area contributed by atoms with E-state index < -0.39 is 6.10 Å². The van der Waals surface area contributed by atoms with Crippen molar-refractivity contribution in [2.45, 2.75) is 44.4 Å². The van der Waals surface area contributed by atoms with E-state index in [1.54, 1.807) is 12.3 Å². The quantitative estimate of drug-likeness (QED) is 0.681. The number of aliphatic hydroxyl groups excluding tert-OH is 1. The van der Waals surface area contributed by atoms with E-state index in [1.165, 1.54) is 5.56 Å². The number of hydrogen-bond donors (Lipinski definition) is 3. The standard InChI is InChI=1S/C20H24ClN3O2/c1-2-22-20(26)14-5-3-13(4-6-14)11-16-8-9-17(24-16)19(25)15-7-10-18(21)23-12-15/h3-7,10,12,16-17,19,24-25H,2,8-9,11H2,1H3,(H,22,26)/t16-,17+,19+/m0/s1. The maximum absolute atomic E-state index is 11.8. The third-order valence-electron chi connectivity index (χ3n) is 4.78. The van der Waals surface area contributed by atoms with E-state index in [4.69, 9.17) is 11.6 Å². The number of aromatic nitrogens is 1. The number of carbonyl (C=O) groups excluding carboxylic acids is 1. The van der Waals surface area contributed by atoms with E-state index in [1.807, 2.05) is 37.3 Å². The van der Waals surface area contributed by atoms with E-state index in [0.29, 0.717) is 23.3 Å². The maximum Gasteiger partial charge on any atom is 0.251 e. The van der Waals surface area contributed by atoms with Crippen LogP contribution in [0, 0.1) is 0 Å². The van der Waals surface area contributed by atoms with Crippen LogP contribution >= 0.6 is 11.6 Å². The number of benzene rings is 1. The third-order valence-corrected chi connectivity index (χ3v) is 5.01. The lowest BCUT2D eigenvalue weighted by molar-refractivity contribution is 0.0956. The minimum atomic E-state index is -0.593. The second-order valence-electron chi connectivity index (χ2n) is 6.67. The lowest BCUT2D eigenvalue weighted by Gasteiger charge is -2.20. The van der Waals surface area contributed by atoms with Crippen LogP contribution < -0.4 is 10.6 Å². The summed E-state index contributed by atoms with van der Waals surface area (Å²) >= 11 is 5.80. The van der Waals surface area contributed by atoms with Crippen LogP contribution in [-0.2, 0) is 6.42 Å². The molecule has 3 N–H and O–H groups in total. The molecule has 138 valence electrons. The molecule has 26 heavy (non-hydrogen) atoms. The van der Waals surface area contributed by atoms with Crippen molar-refractivity contribution in [3.63, 3.8) is 0 Å². The van der Waals surface area contributed by atoms with E-state index >= 15 is 0 Å². The van der Waals surface area contributed by atoms with Crippen molar-refractivity contribution in [2.24, 2.45) is 0 Å². The van der Waals surface area contributed by atoms with Gasteiger partial charge in [0.25, 0.3) is 5.91 Å². The van der Waals surface area contributed by atoms with Crippen LogP contribution in [0.1, 0.15) is 47.4 Å². The van der Waals surface area contributed by atoms with Gasteiger partial charge in [0.2, 0.25) is 0 Å². The predicted molar refractivity (Wildman–Crippen MR) is 102 cm³/mol. The Morgan fingerprint density at radius 3 is 2.73 bits per heavy atom. The Morgan fingerprint density at radius 2 is 2.08 bits per heavy atom. The van der Waals surface area contributed by atoms with Crippen molar-refractivity contribution < 1.29 is 9.90 Å². The van der Waals surface area contributed by atoms with Gasteiger partial charge < -0.3 is 15.7 Å². The summed E-state index contributed by atoms with van der Waals surface area (Å²) in [5, 5.41) is 17.3. The Hall–Kier alpha value is -1.95. The number of rotatable bonds is 6. The number of aliphatic hydroxyl groups is 1. The Bertz CT molecular complexity index is 734. The van der Waals surface area contributed by atoms with Gasteiger partial charge in [-0.15, -0.1) is 0 Å². The first-order valence-corrected chi connectivity index (χ1v) is 9.37. The minimum Gasteiger partial charge on any atom is -0.387 e. The molecule has 3 atom stereocenters. The first-order valence-electron chi connectivity index (χ1n) is 8.99. The fourth-order valence-electron chi connectivity index (χ4n) is 3.39. The molecule has 1 fully saturated rings. The van der Waals surface area contributed by atoms with Gasteiger partial charge in [-0.1, -0.05) is 29.8 Å². The van der Waals surface area contributed by atoms with Crippen LogP contribution in [0.3, 0.4) is 0 Å². The summed E-state index contributed by atoms with van der Waals surface area (Å²) < 4.78 is 0. The fraction of sp³-hybridized carbons (Fsp3) is 0.400. The third kappa shape index (κ3) is 4.61. The van der Waals surface area contributed by atoms with Crippen molar-refractivity contribution in [1.29, 1.82) is 0 Å². The summed E-state index contributed by atoms with van der Waals surface area (Å²) in [6.45, 7) is 2.53. The second kappa shape index (κ2) is 8.62. The van der Waals surface area contributed by atoms with Gasteiger partial charge in [-0.2, -0.15) is 0 Å². The van der Waals surface area contributed by atoms with Gasteiger partial charge in [0.05, 0.1) is 6.10 Å². The van der Waals surface area contributed by atoms with Crippen molar-refractivity contribution >= 4 is 17.5 Å². The molecule has 1 aliphatic rings. The van der Waals surface area contributed by atoms with Crippen molar-refractivity contribution in [2.75, 3.05) is 6.54 Å². The highest BCUT2D eigenvalue weighted by Crippen LogP contribution is 2.27. The van der Waals surface area contributed by atoms with Gasteiger partial charge in [-0.3, -0.25) is 4.79 Å². The van der Waals surface area contributed by atoms with Gasteiger partial charge in [0.1, 0.15) is 5.15 Å². The molecule has 6 heteroatoms. The highest BCUT2D eigenvalue weighted by Gasteiger charge is 2.30. The largest absolute Gasteiger partial charge is 0.387 e. The normalized spacial score (nSPS) is 20.7. The highest BCUT2D eigenvalue weighted by atomic mass is 35.5. The molecule has 0 radical (unpaired) electrons. The molecule has 5 nitrogen and oxygen atoms in total. The summed E-state index contributed by atoms with van der Waals surface area (Å²) in [5.41, 5.74) is 2.64. The first-order chi connectivity index (χ1) is 12.6. The molecule has 0 aliphatic carbocycles. The number of halogens is 1. The van der Waals surface area contributed by atoms with Crippen LogP contribution in [0.4, 0.5) is 0 Å². The van der Waals surface area contributed by atoms with Crippen molar-refractivity contribution in [3.05, 3.63) is 64.4 Å². The molecule has 1 saturated heterocycles. The zero-order valence-electron chi connectivity index (χ0n) is 14.8. The van der Waals surface area contributed by atoms with Crippen molar-refractivity contribution in [1.82, 2.24) is 15.6 Å². The Morgan fingerprint density at radius 1 is 1.31 bits per heavy atom. The molecule has 2 aromatic rings. The van der Waals surface area contributed by atoms with E-state index in [9.17, 15) is 9.90 Å². The summed E-state index contributed by atoms with van der Waals surface area (Å²) in [4.78, 5) is 15.8. The molecule has 0 saturated carbocycles. The summed E-state index contributed by atoms with van der Waals surface area (Å²) in [6.07, 6.45) is 3.82. The van der Waals surface area contributed by atoms with Crippen LogP contribution in [-0.4, -0.2) is 34.6 Å². The summed E-state index contributed by atoms with van der Waals surface area (Å²) in [5.74, 6) is -0.0437. The van der Waals surface area contributed by atoms with Crippen LogP contribution in [0.25, 0.3) is 0 Å². The van der Waals surface area contributed by atoms with Gasteiger partial charge in [-0.25, -0.2) is 4.98 Å². The van der Waals surface area contributed by atoms with Crippen LogP contribution in [0.15, 0.2) is 42.6 Å². The van der Waals surface area contributed by atoms with Gasteiger partial charge in [0, 0.05) is 36.0 Å². The number of nitrogens with one attached hydrogen (secondary N) is 2. The number of hydrogen-bond acceptors (Lipinski definition) is 4. The topological polar surface area (TPSA) is 74.2 Å². The van der Waals surface area contributed by atoms with Crippen LogP contribution in [0.2, 0.25) is 5.15 Å². The van der Waals surface area contributed by atoms with E-state index in [0.717, 1.165) is 24.8 Å². The molecule has 0 spiro atoms. The van der Waals surface area contributed by atoms with Gasteiger partial charge in [-0.05, 0) is 49.9 Å². The fourth-order valence-corrected chi connectivity index (χ4v) is 3.51. The van der Waals surface area contributed by atoms with Gasteiger partial charge >= 0.3 is 0 Å². The lowest BCUT2D eigenvalue weighted by Crippen LogP contribution is -2.35. The molecule has 1 aliphatic heterocycles. The smallest absolute Gasteiger partial charge is 0.251 e. The highest BCUT2D eigenvalue weighted by molar-refractivity contribution is 6.29. The molecule has 3 rings (SSSR count). The average molecular weight is 374 g/mol. The van der Waals surface area contributed by atoms with Gasteiger partial charge in [0.15, 0.2) is 0 Å². The molecule has 1 amide bonds. The second-order valence-corrected chi connectivity index (χ2v) is 7.05. The number of pyridine rings is 1. The monoisotopic (exact) mass is 373 g/mol. The summed E-state index contributed by atoms with van der Waals surface area (Å²) in [6, 6.07) is 11.6. The van der Waals surface area contributed by atoms with Crippen molar-refractivity contribution in [3.8, 4) is 0 Å². The molecule has 2 heterocycles. The minimum absolute atomic E-state index is 0.0116. The SMILES string of the molecule is CCNC(=O)c1ccc(C[C@@H]2CC[C@H]([C@H](O)c3ccc(Cl)nc3)N2)cc1. The molecular weight excluding hydrogens is 350 g/mol. The molecule has 0 bridgehead atoms.